The van der Waals surface area contributed by atoms with E-state index in [1.807, 2.05) is 0 Å². The Morgan fingerprint density at radius 3 is 0.640 bits per heavy atom. The molecule has 125 heavy (non-hydrogen) atoms. The first-order valence-corrected chi connectivity index (χ1v) is 56.1. The predicted octanol–water partition coefficient (Wildman–Crippen LogP) is 26.8. The molecule has 16 rings (SSSR count). The van der Waals surface area contributed by atoms with Gasteiger partial charge in [0.2, 0.25) is 0 Å². The summed E-state index contributed by atoms with van der Waals surface area (Å²) < 4.78 is 61.4. The maximum atomic E-state index is 13.3. The number of aromatic nitrogens is 2. The molecular weight excluding hydrogens is 1930 g/mol. The molecule has 0 aliphatic heterocycles. The monoisotopic (exact) mass is 2040 g/mol. The van der Waals surface area contributed by atoms with E-state index in [0.717, 1.165) is 9.13 Å². The smallest absolute Gasteiger partial charge is 0.149 e. The van der Waals surface area contributed by atoms with Gasteiger partial charge >= 0.3 is 102 Å². The molecule has 16 aromatic rings. The molecule has 0 amide bonds. The number of pyridine rings is 2. The van der Waals surface area contributed by atoms with Gasteiger partial charge in [-0.2, -0.15) is 0 Å². The Hall–Kier alpha value is -9.91. The van der Waals surface area contributed by atoms with Crippen LogP contribution in [0.1, 0.15) is 64.9 Å². The number of para-hydroxylation sites is 2. The predicted molar refractivity (Wildman–Crippen MR) is 546 cm³/mol. The first-order valence-electron chi connectivity index (χ1n) is 42.0. The number of halogens is 5. The van der Waals surface area contributed by atoms with Crippen molar-refractivity contribution in [2.75, 3.05) is 10.6 Å². The Balaban J connectivity index is 0.000000165. The second-order valence-corrected chi connectivity index (χ2v) is 52.1. The molecule has 0 saturated heterocycles. The van der Waals surface area contributed by atoms with Crippen LogP contribution < -0.4 is 74.3 Å². The van der Waals surface area contributed by atoms with Gasteiger partial charge in [-0.1, -0.05) is 389 Å². The van der Waals surface area contributed by atoms with Crippen LogP contribution >= 0.6 is 54.3 Å². The molecule has 0 saturated carbocycles. The Labute approximate surface area is 776 Å². The van der Waals surface area contributed by atoms with Gasteiger partial charge in [-0.3, -0.25) is 0 Å². The molecule has 0 radical (unpaired) electrons. The van der Waals surface area contributed by atoms with Crippen molar-refractivity contribution in [2.45, 2.75) is 72.6 Å². The van der Waals surface area contributed by atoms with E-state index < -0.39 is 73.3 Å². The first kappa shape index (κ1) is 98.9. The molecule has 2 N–H and O–H groups in total. The molecule has 0 atom stereocenters. The number of nitrogens with one attached hydrogen (secondary N) is 2. The fourth-order valence-electron chi connectivity index (χ4n) is 13.5. The minimum atomic E-state index is -1.85. The molecule has 2 heterocycles. The summed E-state index contributed by atoms with van der Waals surface area (Å²) in [5.41, 5.74) is 0.451. The summed E-state index contributed by atoms with van der Waals surface area (Å²) in [7, 11) is -1.78. The van der Waals surface area contributed by atoms with Gasteiger partial charge in [0.1, 0.15) is 46.3 Å². The Kier molecular flexibility index (Phi) is 44.5. The van der Waals surface area contributed by atoms with Crippen LogP contribution in [0, 0.1) is 26.8 Å². The third-order valence-corrected chi connectivity index (χ3v) is 44.3. The standard InChI is InChI=1S/4C18H15P.C13H10F2N2.C11H7F2IN2.3C4H9.C2H3.Pd.Sn/c4*1-4-10-16(11-5-1)19(17-12-6-2-7-13-17)18-14-8-3-9-15-18;1-2-9-6-7-12(16-8-9)17-13-10(14)4-3-5-11(13)15;12-8-2-1-3-9(13)11(8)16-10-5-4-7(14)6-15-10;3*1-3-4-2;1-2;;/h4*1-15H;2-8H,1H2,(H,16,17);1-6H,(H,15,16);3*1,3-4H2,2H3;1H,2H2;;. The van der Waals surface area contributed by atoms with Gasteiger partial charge < -0.3 is 10.6 Å². The van der Waals surface area contributed by atoms with Crippen LogP contribution in [0.3, 0.4) is 0 Å². The average Bonchev–Trinajstić information content (AvgIpc) is 0.853. The Bertz CT molecular complexity index is 4710. The summed E-state index contributed by atoms with van der Waals surface area (Å²) in [5.74, 6) is -1.80. The molecule has 0 fully saturated rings. The topological polar surface area (TPSA) is 49.8 Å². The van der Waals surface area contributed by atoms with Crippen molar-refractivity contribution in [1.29, 1.82) is 0 Å². The molecule has 0 unspecified atom stereocenters. The zero-order chi connectivity index (χ0) is 87.0. The van der Waals surface area contributed by atoms with Crippen LogP contribution in [-0.4, -0.2) is 28.3 Å². The van der Waals surface area contributed by atoms with Crippen LogP contribution in [0.25, 0.3) is 6.08 Å². The van der Waals surface area contributed by atoms with Crippen LogP contribution in [0.15, 0.2) is 454 Å². The maximum Gasteiger partial charge on any atom is 0.149 e. The Morgan fingerprint density at radius 2 is 0.480 bits per heavy atom. The summed E-state index contributed by atoms with van der Waals surface area (Å²) in [5, 5.41) is 22.0. The molecule has 15 heteroatoms. The molecule has 0 spiro atoms. The van der Waals surface area contributed by atoms with Crippen LogP contribution in [0.4, 0.5) is 40.6 Å². The van der Waals surface area contributed by atoms with Crippen molar-refractivity contribution in [2.24, 2.45) is 0 Å². The molecule has 0 aliphatic carbocycles. The summed E-state index contributed by atoms with van der Waals surface area (Å²) in [6.07, 6.45) is 13.3. The molecule has 0 aliphatic rings. The molecule has 14 aromatic carbocycles. The third-order valence-electron chi connectivity index (χ3n) is 19.9. The first-order chi connectivity index (χ1) is 60.9. The van der Waals surface area contributed by atoms with E-state index >= 15 is 0 Å². The van der Waals surface area contributed by atoms with E-state index in [1.165, 1.54) is 139 Å². The average molecular weight is 2040 g/mol. The zero-order valence-electron chi connectivity index (χ0n) is 70.9. The van der Waals surface area contributed by atoms with E-state index in [1.54, 1.807) is 56.0 Å². The van der Waals surface area contributed by atoms with E-state index in [9.17, 15) is 17.6 Å². The number of hydrogen-bond acceptors (Lipinski definition) is 4. The molecular formula is C110H107F4IN4P4PdSn. The fourth-order valence-corrected chi connectivity index (χ4v) is 36.0. The maximum absolute atomic E-state index is 13.3. The van der Waals surface area contributed by atoms with E-state index in [4.69, 9.17) is 0 Å². The van der Waals surface area contributed by atoms with Gasteiger partial charge in [0.15, 0.2) is 0 Å². The quantitative estimate of drug-likeness (QED) is 0.0233. The van der Waals surface area contributed by atoms with Crippen molar-refractivity contribution in [1.82, 2.24) is 9.97 Å². The normalized spacial score (nSPS) is 10.5. The van der Waals surface area contributed by atoms with Gasteiger partial charge in [0, 0.05) is 36.4 Å². The van der Waals surface area contributed by atoms with Crippen molar-refractivity contribution in [3.05, 3.63) is 487 Å². The van der Waals surface area contributed by atoms with Gasteiger partial charge in [0.05, 0.1) is 0 Å². The number of rotatable bonds is 27. The van der Waals surface area contributed by atoms with Crippen molar-refractivity contribution in [3.63, 3.8) is 0 Å². The molecule has 636 valence electrons. The summed E-state index contributed by atoms with van der Waals surface area (Å²) in [4.78, 5) is 8.02. The summed E-state index contributed by atoms with van der Waals surface area (Å²) in [6.45, 7) is 14.7. The minimum absolute atomic E-state index is 0. The third kappa shape index (κ3) is 32.5. The van der Waals surface area contributed by atoms with Gasteiger partial charge in [-0.05, 0) is 172 Å². The number of benzene rings is 14. The summed E-state index contributed by atoms with van der Waals surface area (Å²) >= 11 is 0.251. The second kappa shape index (κ2) is 56.2. The van der Waals surface area contributed by atoms with E-state index in [0.29, 0.717) is 11.6 Å². The SMILES string of the molecule is C=Cc1ccc(Nc2c(F)cccc2F)nc1.C=[CH][Sn]([CH2]CCC)([CH2]CCC)[CH2]CCC.Fc1cccc(F)c1Nc1ccc(I)cn1.[Pd].c1ccc(P(c2ccccc2)c2ccccc2)cc1.c1ccc(P(c2ccccc2)c2ccccc2)cc1.c1ccc(P(c2ccccc2)c2ccccc2)cc1.c1ccc(P(c2ccccc2)c2ccccc2)cc1. The van der Waals surface area contributed by atoms with E-state index in [2.05, 4.69) is 445 Å². The molecule has 0 bridgehead atoms. The summed E-state index contributed by atoms with van der Waals surface area (Å²) in [6, 6.07) is 144. The minimum Gasteiger partial charge on any atom is -0.335 e. The molecule has 2 aromatic heterocycles. The van der Waals surface area contributed by atoms with Crippen molar-refractivity contribution < 1.29 is 38.0 Å². The van der Waals surface area contributed by atoms with Gasteiger partial charge in [0.25, 0.3) is 0 Å². The fraction of sp³-hybridized carbons (Fsp3) is 0.109. The largest absolute Gasteiger partial charge is 0.335 e. The molecule has 4 nitrogen and oxygen atoms in total. The number of unbranched alkanes of at least 4 members (excludes halogenated alkanes) is 3. The van der Waals surface area contributed by atoms with Crippen LogP contribution in [0.5, 0.6) is 0 Å². The van der Waals surface area contributed by atoms with Crippen molar-refractivity contribution in [3.8, 4) is 0 Å². The Morgan fingerprint density at radius 1 is 0.280 bits per heavy atom. The zero-order valence-corrected chi connectivity index (χ0v) is 81.0. The van der Waals surface area contributed by atoms with Crippen LogP contribution in [0.2, 0.25) is 13.3 Å². The van der Waals surface area contributed by atoms with Crippen LogP contribution in [-0.2, 0) is 20.4 Å². The van der Waals surface area contributed by atoms with E-state index in [-0.39, 0.29) is 31.8 Å². The van der Waals surface area contributed by atoms with Gasteiger partial charge in [-0.15, -0.1) is 0 Å². The number of nitrogens with zero attached hydrogens (tertiary/aromatic N) is 2. The number of hydrogen-bond donors (Lipinski definition) is 2. The van der Waals surface area contributed by atoms with Crippen molar-refractivity contribution >= 4 is 165 Å². The number of anilines is 4. The second-order valence-electron chi connectivity index (χ2n) is 28.7. The van der Waals surface area contributed by atoms with Gasteiger partial charge in [-0.25, -0.2) is 27.5 Å².